The van der Waals surface area contributed by atoms with Crippen molar-refractivity contribution in [3.63, 3.8) is 0 Å². The van der Waals surface area contributed by atoms with Crippen molar-refractivity contribution in [2.24, 2.45) is 10.9 Å². The molecular weight excluding hydrogens is 306 g/mol. The standard InChI is InChI=1S/C15H18ClN3OS/c1-10-7-11(15(17)18-20)3-4-12(10)8-19(2)9-13-5-6-14(16)21-13/h3-7,20H,8-9H2,1-2H3,(H2,17,18). The van der Waals surface area contributed by atoms with Crippen LogP contribution in [-0.4, -0.2) is 23.0 Å². The molecule has 6 heteroatoms. The highest BCUT2D eigenvalue weighted by Crippen LogP contribution is 2.23. The summed E-state index contributed by atoms with van der Waals surface area (Å²) in [6.45, 7) is 3.72. The molecule has 0 radical (unpaired) electrons. The summed E-state index contributed by atoms with van der Waals surface area (Å²) in [4.78, 5) is 3.47. The predicted octanol–water partition coefficient (Wildman–Crippen LogP) is 3.44. The van der Waals surface area contributed by atoms with Crippen LogP contribution < -0.4 is 5.73 Å². The Morgan fingerprint density at radius 2 is 2.10 bits per heavy atom. The van der Waals surface area contributed by atoms with Crippen LogP contribution in [0.25, 0.3) is 0 Å². The van der Waals surface area contributed by atoms with Crippen molar-refractivity contribution in [2.45, 2.75) is 20.0 Å². The Morgan fingerprint density at radius 3 is 2.67 bits per heavy atom. The first-order valence-corrected chi connectivity index (χ1v) is 7.69. The number of halogens is 1. The van der Waals surface area contributed by atoms with Gasteiger partial charge in [-0.3, -0.25) is 4.90 Å². The third-order valence-corrected chi connectivity index (χ3v) is 4.46. The molecular formula is C15H18ClN3OS. The Kier molecular flexibility index (Phi) is 5.22. The van der Waals surface area contributed by atoms with Crippen LogP contribution in [0, 0.1) is 6.92 Å². The Bertz CT molecular complexity index is 654. The fourth-order valence-electron chi connectivity index (χ4n) is 2.14. The van der Waals surface area contributed by atoms with Crippen LogP contribution in [0.3, 0.4) is 0 Å². The second kappa shape index (κ2) is 6.93. The van der Waals surface area contributed by atoms with E-state index in [1.807, 2.05) is 31.2 Å². The van der Waals surface area contributed by atoms with Gasteiger partial charge >= 0.3 is 0 Å². The van der Waals surface area contributed by atoms with Crippen molar-refractivity contribution in [1.82, 2.24) is 4.90 Å². The van der Waals surface area contributed by atoms with Gasteiger partial charge in [-0.15, -0.1) is 11.3 Å². The molecule has 0 aliphatic carbocycles. The molecule has 1 heterocycles. The van der Waals surface area contributed by atoms with Crippen LogP contribution in [0.5, 0.6) is 0 Å². The maximum atomic E-state index is 8.71. The molecule has 1 aromatic heterocycles. The van der Waals surface area contributed by atoms with Gasteiger partial charge in [-0.25, -0.2) is 0 Å². The first-order chi connectivity index (χ1) is 9.99. The summed E-state index contributed by atoms with van der Waals surface area (Å²) in [5, 5.41) is 11.7. The maximum absolute atomic E-state index is 8.71. The smallest absolute Gasteiger partial charge is 0.170 e. The lowest BCUT2D eigenvalue weighted by Crippen LogP contribution is -2.18. The zero-order valence-corrected chi connectivity index (χ0v) is 13.6. The molecule has 3 N–H and O–H groups in total. The Balaban J connectivity index is 2.05. The number of amidine groups is 1. The maximum Gasteiger partial charge on any atom is 0.170 e. The molecule has 0 amide bonds. The second-order valence-corrected chi connectivity index (χ2v) is 6.80. The van der Waals surface area contributed by atoms with E-state index < -0.39 is 0 Å². The van der Waals surface area contributed by atoms with Crippen molar-refractivity contribution in [2.75, 3.05) is 7.05 Å². The van der Waals surface area contributed by atoms with Crippen LogP contribution in [0.15, 0.2) is 35.5 Å². The van der Waals surface area contributed by atoms with E-state index >= 15 is 0 Å². The quantitative estimate of drug-likeness (QED) is 0.383. The van der Waals surface area contributed by atoms with E-state index in [1.165, 1.54) is 10.4 Å². The number of aryl methyl sites for hydroxylation is 1. The predicted molar refractivity (Wildman–Crippen MR) is 88.2 cm³/mol. The van der Waals surface area contributed by atoms with E-state index in [-0.39, 0.29) is 5.84 Å². The van der Waals surface area contributed by atoms with Crippen LogP contribution in [0.1, 0.15) is 21.6 Å². The zero-order valence-electron chi connectivity index (χ0n) is 12.0. The van der Waals surface area contributed by atoms with Gasteiger partial charge in [0.2, 0.25) is 0 Å². The number of hydrogen-bond donors (Lipinski definition) is 2. The minimum absolute atomic E-state index is 0.131. The van der Waals surface area contributed by atoms with Gasteiger partial charge in [0.15, 0.2) is 5.84 Å². The lowest BCUT2D eigenvalue weighted by molar-refractivity contribution is 0.318. The molecule has 2 rings (SSSR count). The van der Waals surface area contributed by atoms with E-state index in [0.29, 0.717) is 0 Å². The number of nitrogens with two attached hydrogens (primary N) is 1. The van der Waals surface area contributed by atoms with E-state index in [1.54, 1.807) is 11.3 Å². The molecule has 0 fully saturated rings. The Hall–Kier alpha value is -1.56. The number of thiophene rings is 1. The van der Waals surface area contributed by atoms with Gasteiger partial charge in [0.25, 0.3) is 0 Å². The van der Waals surface area contributed by atoms with Gasteiger partial charge < -0.3 is 10.9 Å². The van der Waals surface area contributed by atoms with Crippen molar-refractivity contribution in [3.05, 3.63) is 56.2 Å². The molecule has 0 saturated heterocycles. The van der Waals surface area contributed by atoms with Crippen molar-refractivity contribution in [3.8, 4) is 0 Å². The lowest BCUT2D eigenvalue weighted by Gasteiger charge is -2.17. The van der Waals surface area contributed by atoms with Crippen LogP contribution >= 0.6 is 22.9 Å². The third-order valence-electron chi connectivity index (χ3n) is 3.24. The van der Waals surface area contributed by atoms with Gasteiger partial charge in [-0.05, 0) is 43.3 Å². The molecule has 0 aliphatic heterocycles. The second-order valence-electron chi connectivity index (χ2n) is 5.00. The van der Waals surface area contributed by atoms with Gasteiger partial charge in [0.1, 0.15) is 0 Å². The van der Waals surface area contributed by atoms with E-state index in [9.17, 15) is 0 Å². The summed E-state index contributed by atoms with van der Waals surface area (Å²) in [6, 6.07) is 9.79. The number of oxime groups is 1. The first-order valence-electron chi connectivity index (χ1n) is 6.50. The van der Waals surface area contributed by atoms with Gasteiger partial charge in [0, 0.05) is 23.5 Å². The summed E-state index contributed by atoms with van der Waals surface area (Å²) < 4.78 is 0.817. The minimum atomic E-state index is 0.131. The SMILES string of the molecule is Cc1cc(/C(N)=N/O)ccc1CN(C)Cc1ccc(Cl)s1. The molecule has 2 aromatic rings. The lowest BCUT2D eigenvalue weighted by atomic mass is 10.0. The molecule has 0 atom stereocenters. The molecule has 0 aliphatic rings. The number of rotatable bonds is 5. The third kappa shape index (κ3) is 4.20. The largest absolute Gasteiger partial charge is 0.409 e. The Labute approximate surface area is 133 Å². The molecule has 112 valence electrons. The van der Waals surface area contributed by atoms with E-state index in [2.05, 4.69) is 23.2 Å². The summed E-state index contributed by atoms with van der Waals surface area (Å²) in [5.74, 6) is 0.131. The molecule has 0 bridgehead atoms. The molecule has 0 unspecified atom stereocenters. The normalized spacial score (nSPS) is 12.1. The van der Waals surface area contributed by atoms with Crippen LogP contribution in [-0.2, 0) is 13.1 Å². The van der Waals surface area contributed by atoms with E-state index in [4.69, 9.17) is 22.5 Å². The summed E-state index contributed by atoms with van der Waals surface area (Å²) >= 11 is 7.55. The molecule has 1 aromatic carbocycles. The number of benzene rings is 1. The van der Waals surface area contributed by atoms with Gasteiger partial charge in [0.05, 0.1) is 4.34 Å². The highest BCUT2D eigenvalue weighted by Gasteiger charge is 2.08. The highest BCUT2D eigenvalue weighted by atomic mass is 35.5. The number of hydrogen-bond acceptors (Lipinski definition) is 4. The zero-order chi connectivity index (χ0) is 15.4. The fourth-order valence-corrected chi connectivity index (χ4v) is 3.31. The van der Waals surface area contributed by atoms with Crippen molar-refractivity contribution >= 4 is 28.8 Å². The topological polar surface area (TPSA) is 61.9 Å². The van der Waals surface area contributed by atoms with Crippen molar-refractivity contribution < 1.29 is 5.21 Å². The first kappa shape index (κ1) is 15.8. The summed E-state index contributed by atoms with van der Waals surface area (Å²) in [6.07, 6.45) is 0. The van der Waals surface area contributed by atoms with Crippen LogP contribution in [0.4, 0.5) is 0 Å². The highest BCUT2D eigenvalue weighted by molar-refractivity contribution is 7.16. The van der Waals surface area contributed by atoms with E-state index in [0.717, 1.165) is 28.6 Å². The molecule has 0 saturated carbocycles. The summed E-state index contributed by atoms with van der Waals surface area (Å²) in [5.41, 5.74) is 8.66. The van der Waals surface area contributed by atoms with Crippen LogP contribution in [0.2, 0.25) is 4.34 Å². The van der Waals surface area contributed by atoms with Gasteiger partial charge in [-0.1, -0.05) is 28.9 Å². The Morgan fingerprint density at radius 1 is 1.33 bits per heavy atom. The minimum Gasteiger partial charge on any atom is -0.409 e. The fraction of sp³-hybridized carbons (Fsp3) is 0.267. The van der Waals surface area contributed by atoms with Gasteiger partial charge in [-0.2, -0.15) is 0 Å². The average Bonchev–Trinajstić information content (AvgIpc) is 2.85. The molecule has 0 spiro atoms. The molecule has 4 nitrogen and oxygen atoms in total. The monoisotopic (exact) mass is 323 g/mol. The van der Waals surface area contributed by atoms with Crippen molar-refractivity contribution in [1.29, 1.82) is 0 Å². The number of nitrogens with zero attached hydrogens (tertiary/aromatic N) is 2. The summed E-state index contributed by atoms with van der Waals surface area (Å²) in [7, 11) is 2.07. The average molecular weight is 324 g/mol. The molecule has 21 heavy (non-hydrogen) atoms.